The minimum absolute atomic E-state index is 0.206. The molecular weight excluding hydrogens is 280 g/mol. The van der Waals surface area contributed by atoms with Gasteiger partial charge >= 0.3 is 6.09 Å². The van der Waals surface area contributed by atoms with E-state index in [0.717, 1.165) is 38.2 Å². The summed E-state index contributed by atoms with van der Waals surface area (Å²) in [6, 6.07) is 0.459. The molecule has 1 aromatic heterocycles. The summed E-state index contributed by atoms with van der Waals surface area (Å²) in [5.74, 6) is 0. The Kier molecular flexibility index (Phi) is 5.34. The van der Waals surface area contributed by atoms with E-state index in [9.17, 15) is 4.79 Å². The Morgan fingerprint density at radius 3 is 2.59 bits per heavy atom. The van der Waals surface area contributed by atoms with Gasteiger partial charge in [0.2, 0.25) is 0 Å². The lowest BCUT2D eigenvalue weighted by molar-refractivity contribution is 0.0152. The summed E-state index contributed by atoms with van der Waals surface area (Å²) in [5, 5.41) is 0. The summed E-state index contributed by atoms with van der Waals surface area (Å²) in [5.41, 5.74) is 0.538. The van der Waals surface area contributed by atoms with Gasteiger partial charge in [-0.1, -0.05) is 0 Å². The van der Waals surface area contributed by atoms with Crippen LogP contribution in [0.4, 0.5) is 4.79 Å². The van der Waals surface area contributed by atoms with Crippen molar-refractivity contribution in [1.29, 1.82) is 0 Å². The molecule has 0 unspecified atom stereocenters. The van der Waals surface area contributed by atoms with E-state index in [1.165, 1.54) is 0 Å². The second-order valence-electron chi connectivity index (χ2n) is 6.81. The van der Waals surface area contributed by atoms with Crippen LogP contribution in [-0.2, 0) is 11.3 Å². The van der Waals surface area contributed by atoms with Crippen LogP contribution in [0.3, 0.4) is 0 Å². The van der Waals surface area contributed by atoms with Gasteiger partial charge in [-0.05, 0) is 40.7 Å². The first-order chi connectivity index (χ1) is 10.3. The normalized spacial score (nSPS) is 16.9. The molecule has 1 amide bonds. The molecule has 2 heterocycles. The molecule has 1 aliphatic heterocycles. The average molecular weight is 306 g/mol. The minimum Gasteiger partial charge on any atom is -0.444 e. The third-order valence-corrected chi connectivity index (χ3v) is 3.77. The number of aromatic nitrogens is 2. The van der Waals surface area contributed by atoms with Crippen LogP contribution in [0, 0.1) is 0 Å². The Labute approximate surface area is 132 Å². The summed E-state index contributed by atoms with van der Waals surface area (Å²) in [7, 11) is 2.10. The highest BCUT2D eigenvalue weighted by Crippen LogP contribution is 2.19. The zero-order chi connectivity index (χ0) is 16.2. The number of piperidine rings is 1. The van der Waals surface area contributed by atoms with Gasteiger partial charge in [0, 0.05) is 44.3 Å². The second-order valence-corrected chi connectivity index (χ2v) is 6.81. The van der Waals surface area contributed by atoms with Crippen molar-refractivity contribution in [2.24, 2.45) is 0 Å². The summed E-state index contributed by atoms with van der Waals surface area (Å²) in [6.45, 7) is 7.95. The maximum absolute atomic E-state index is 12.1. The molecular formula is C16H26N4O2. The molecule has 6 nitrogen and oxygen atoms in total. The molecule has 0 aliphatic carbocycles. The van der Waals surface area contributed by atoms with Crippen LogP contribution < -0.4 is 0 Å². The predicted octanol–water partition coefficient (Wildman–Crippen LogP) is 2.31. The Morgan fingerprint density at radius 2 is 2.05 bits per heavy atom. The second kappa shape index (κ2) is 7.05. The maximum atomic E-state index is 12.1. The smallest absolute Gasteiger partial charge is 0.410 e. The van der Waals surface area contributed by atoms with Crippen molar-refractivity contribution in [2.75, 3.05) is 20.1 Å². The summed E-state index contributed by atoms with van der Waals surface area (Å²) in [4.78, 5) is 24.5. The number of carbonyl (C=O) groups is 1. The Hall–Kier alpha value is -1.69. The number of likely N-dealkylation sites (tertiary alicyclic amines) is 1. The van der Waals surface area contributed by atoms with Crippen LogP contribution in [0.15, 0.2) is 18.6 Å². The highest BCUT2D eigenvalue weighted by atomic mass is 16.6. The SMILES string of the molecule is CN(Cc1cnccn1)C1CCN(C(=O)OC(C)(C)C)CC1. The fraction of sp³-hybridized carbons (Fsp3) is 0.688. The van der Waals surface area contributed by atoms with Gasteiger partial charge < -0.3 is 9.64 Å². The molecule has 1 aromatic rings. The van der Waals surface area contributed by atoms with E-state index in [2.05, 4.69) is 21.9 Å². The van der Waals surface area contributed by atoms with Crippen molar-refractivity contribution in [3.05, 3.63) is 24.3 Å². The van der Waals surface area contributed by atoms with Crippen molar-refractivity contribution in [3.63, 3.8) is 0 Å². The Balaban J connectivity index is 1.80. The number of amides is 1. The predicted molar refractivity (Wildman–Crippen MR) is 84.3 cm³/mol. The number of ether oxygens (including phenoxy) is 1. The summed E-state index contributed by atoms with van der Waals surface area (Å²) >= 11 is 0. The first-order valence-electron chi connectivity index (χ1n) is 7.78. The van der Waals surface area contributed by atoms with Gasteiger partial charge in [0.1, 0.15) is 5.60 Å². The highest BCUT2D eigenvalue weighted by molar-refractivity contribution is 5.68. The van der Waals surface area contributed by atoms with Crippen LogP contribution in [-0.4, -0.2) is 57.6 Å². The van der Waals surface area contributed by atoms with E-state index in [0.29, 0.717) is 6.04 Å². The van der Waals surface area contributed by atoms with Gasteiger partial charge in [-0.3, -0.25) is 14.9 Å². The number of hydrogen-bond donors (Lipinski definition) is 0. The van der Waals surface area contributed by atoms with Crippen molar-refractivity contribution in [3.8, 4) is 0 Å². The molecule has 1 fully saturated rings. The molecule has 22 heavy (non-hydrogen) atoms. The summed E-state index contributed by atoms with van der Waals surface area (Å²) < 4.78 is 5.42. The lowest BCUT2D eigenvalue weighted by Crippen LogP contribution is -2.46. The summed E-state index contributed by atoms with van der Waals surface area (Å²) in [6.07, 6.45) is 6.90. The van der Waals surface area contributed by atoms with E-state index in [1.54, 1.807) is 23.5 Å². The molecule has 122 valence electrons. The zero-order valence-corrected chi connectivity index (χ0v) is 14.0. The monoisotopic (exact) mass is 306 g/mol. The van der Waals surface area contributed by atoms with Gasteiger partial charge in [0.15, 0.2) is 0 Å². The number of carbonyl (C=O) groups excluding carboxylic acids is 1. The number of hydrogen-bond acceptors (Lipinski definition) is 5. The standard InChI is InChI=1S/C16H26N4O2/c1-16(2,3)22-15(21)20-9-5-14(6-10-20)19(4)12-13-11-17-7-8-18-13/h7-8,11,14H,5-6,9-10,12H2,1-4H3. The minimum atomic E-state index is -0.434. The third kappa shape index (κ3) is 4.94. The molecule has 0 radical (unpaired) electrons. The number of nitrogens with zero attached hydrogens (tertiary/aromatic N) is 4. The topological polar surface area (TPSA) is 58.6 Å². The number of rotatable bonds is 3. The maximum Gasteiger partial charge on any atom is 0.410 e. The van der Waals surface area contributed by atoms with E-state index < -0.39 is 5.60 Å². The van der Waals surface area contributed by atoms with Crippen molar-refractivity contribution in [1.82, 2.24) is 19.8 Å². The third-order valence-electron chi connectivity index (χ3n) is 3.77. The van der Waals surface area contributed by atoms with E-state index in [4.69, 9.17) is 4.74 Å². The molecule has 2 rings (SSSR count). The van der Waals surface area contributed by atoms with Crippen LogP contribution in [0.1, 0.15) is 39.3 Å². The lowest BCUT2D eigenvalue weighted by Gasteiger charge is -2.37. The van der Waals surface area contributed by atoms with Gasteiger partial charge in [0.25, 0.3) is 0 Å². The fourth-order valence-electron chi connectivity index (χ4n) is 2.61. The van der Waals surface area contributed by atoms with Gasteiger partial charge in [-0.15, -0.1) is 0 Å². The largest absolute Gasteiger partial charge is 0.444 e. The van der Waals surface area contributed by atoms with Crippen LogP contribution >= 0.6 is 0 Å². The Morgan fingerprint density at radius 1 is 1.36 bits per heavy atom. The first kappa shape index (κ1) is 16.7. The quantitative estimate of drug-likeness (QED) is 0.857. The van der Waals surface area contributed by atoms with Crippen LogP contribution in [0.2, 0.25) is 0 Å². The van der Waals surface area contributed by atoms with Gasteiger partial charge in [-0.2, -0.15) is 0 Å². The molecule has 0 atom stereocenters. The zero-order valence-electron chi connectivity index (χ0n) is 14.0. The molecule has 0 aromatic carbocycles. The fourth-order valence-corrected chi connectivity index (χ4v) is 2.61. The van der Waals surface area contributed by atoms with E-state index in [-0.39, 0.29) is 6.09 Å². The molecule has 0 bridgehead atoms. The molecule has 6 heteroatoms. The molecule has 1 saturated heterocycles. The van der Waals surface area contributed by atoms with Crippen molar-refractivity contribution < 1.29 is 9.53 Å². The van der Waals surface area contributed by atoms with E-state index in [1.807, 2.05) is 20.8 Å². The average Bonchev–Trinajstić information content (AvgIpc) is 2.46. The highest BCUT2D eigenvalue weighted by Gasteiger charge is 2.28. The van der Waals surface area contributed by atoms with Crippen molar-refractivity contribution in [2.45, 2.75) is 51.8 Å². The Bertz CT molecular complexity index is 479. The molecule has 1 aliphatic rings. The van der Waals surface area contributed by atoms with Gasteiger partial charge in [0.05, 0.1) is 5.69 Å². The molecule has 0 spiro atoms. The molecule has 0 saturated carbocycles. The van der Waals surface area contributed by atoms with Crippen LogP contribution in [0.5, 0.6) is 0 Å². The van der Waals surface area contributed by atoms with E-state index >= 15 is 0 Å². The van der Waals surface area contributed by atoms with Crippen LogP contribution in [0.25, 0.3) is 0 Å². The van der Waals surface area contributed by atoms with Crippen molar-refractivity contribution >= 4 is 6.09 Å². The van der Waals surface area contributed by atoms with Gasteiger partial charge in [-0.25, -0.2) is 4.79 Å². The molecule has 0 N–H and O–H groups in total. The lowest BCUT2D eigenvalue weighted by atomic mass is 10.0. The first-order valence-corrected chi connectivity index (χ1v) is 7.78.